The molecular weight excluding hydrogens is 340 g/mol. The fourth-order valence-electron chi connectivity index (χ4n) is 4.39. The number of hydrogen-bond donors (Lipinski definition) is 1. The molecule has 0 bridgehead atoms. The fraction of sp³-hybridized carbons (Fsp3) is 0.636. The number of benzene rings is 1. The van der Waals surface area contributed by atoms with Gasteiger partial charge in [-0.2, -0.15) is 0 Å². The van der Waals surface area contributed by atoms with Crippen LogP contribution in [-0.2, 0) is 16.0 Å². The van der Waals surface area contributed by atoms with E-state index in [9.17, 15) is 9.59 Å². The van der Waals surface area contributed by atoms with Crippen LogP contribution in [0, 0.1) is 5.92 Å². The van der Waals surface area contributed by atoms with Crippen molar-refractivity contribution in [2.75, 3.05) is 20.2 Å². The Morgan fingerprint density at radius 1 is 1.11 bits per heavy atom. The molecular formula is C22H32N2O3. The Morgan fingerprint density at radius 2 is 1.89 bits per heavy atom. The highest BCUT2D eigenvalue weighted by atomic mass is 16.5. The first-order valence-electron chi connectivity index (χ1n) is 10.4. The van der Waals surface area contributed by atoms with E-state index in [1.807, 2.05) is 29.2 Å². The molecule has 2 atom stereocenters. The average molecular weight is 373 g/mol. The molecule has 5 nitrogen and oxygen atoms in total. The maximum atomic E-state index is 13.1. The molecule has 27 heavy (non-hydrogen) atoms. The van der Waals surface area contributed by atoms with E-state index in [4.69, 9.17) is 4.74 Å². The molecule has 0 aromatic heterocycles. The molecule has 1 heterocycles. The van der Waals surface area contributed by atoms with Crippen molar-refractivity contribution in [1.82, 2.24) is 10.2 Å². The second kappa shape index (κ2) is 9.77. The molecule has 1 saturated heterocycles. The predicted octanol–water partition coefficient (Wildman–Crippen LogP) is 3.32. The molecule has 1 aromatic rings. The van der Waals surface area contributed by atoms with Crippen molar-refractivity contribution in [2.45, 2.75) is 63.8 Å². The minimum atomic E-state index is -0.0342. The summed E-state index contributed by atoms with van der Waals surface area (Å²) in [6.07, 6.45) is 8.41. The van der Waals surface area contributed by atoms with Gasteiger partial charge in [-0.05, 0) is 49.8 Å². The molecule has 2 aliphatic rings. The third-order valence-corrected chi connectivity index (χ3v) is 5.95. The molecule has 148 valence electrons. The van der Waals surface area contributed by atoms with Gasteiger partial charge in [0.1, 0.15) is 5.75 Å². The van der Waals surface area contributed by atoms with Gasteiger partial charge >= 0.3 is 0 Å². The maximum absolute atomic E-state index is 13.1. The number of carbonyl (C=O) groups excluding carboxylic acids is 2. The van der Waals surface area contributed by atoms with Gasteiger partial charge in [0.2, 0.25) is 11.8 Å². The van der Waals surface area contributed by atoms with Crippen LogP contribution < -0.4 is 10.1 Å². The lowest BCUT2D eigenvalue weighted by Gasteiger charge is -2.32. The lowest BCUT2D eigenvalue weighted by molar-refractivity contribution is -0.136. The molecule has 1 aliphatic carbocycles. The first-order chi connectivity index (χ1) is 13.2. The van der Waals surface area contributed by atoms with E-state index >= 15 is 0 Å². The standard InChI is InChI=1S/C22H32N2O3/c1-27-18-12-9-17(10-13-18)11-14-21(25)24-16-5-3-2-4-15-23-22(26)19-7-6-8-20(19)24/h9-10,12-13,19-20H,2-8,11,14-16H2,1H3,(H,23,26). The summed E-state index contributed by atoms with van der Waals surface area (Å²) < 4.78 is 5.19. The zero-order valence-electron chi connectivity index (χ0n) is 16.4. The Hall–Kier alpha value is -2.04. The molecule has 2 fully saturated rings. The number of nitrogens with zero attached hydrogens (tertiary/aromatic N) is 1. The molecule has 1 saturated carbocycles. The summed E-state index contributed by atoms with van der Waals surface area (Å²) in [5.41, 5.74) is 1.14. The van der Waals surface area contributed by atoms with Crippen LogP contribution >= 0.6 is 0 Å². The Balaban J connectivity index is 1.65. The molecule has 5 heteroatoms. The van der Waals surface area contributed by atoms with Crippen LogP contribution in [0.15, 0.2) is 24.3 Å². The normalized spacial score (nSPS) is 23.9. The van der Waals surface area contributed by atoms with Gasteiger partial charge in [-0.3, -0.25) is 9.59 Å². The summed E-state index contributed by atoms with van der Waals surface area (Å²) >= 11 is 0. The van der Waals surface area contributed by atoms with Crippen molar-refractivity contribution >= 4 is 11.8 Å². The summed E-state index contributed by atoms with van der Waals surface area (Å²) in [6.45, 7) is 1.56. The SMILES string of the molecule is COc1ccc(CCC(=O)N2CCCCCCNC(=O)C3CCCC32)cc1. The third-order valence-electron chi connectivity index (χ3n) is 5.95. The zero-order chi connectivity index (χ0) is 19.1. The lowest BCUT2D eigenvalue weighted by atomic mass is 9.99. The van der Waals surface area contributed by atoms with Gasteiger partial charge in [0.05, 0.1) is 13.0 Å². The smallest absolute Gasteiger partial charge is 0.225 e. The maximum Gasteiger partial charge on any atom is 0.225 e. The van der Waals surface area contributed by atoms with E-state index in [-0.39, 0.29) is 23.8 Å². The Labute approximate surface area is 162 Å². The minimum Gasteiger partial charge on any atom is -0.497 e. The van der Waals surface area contributed by atoms with Gasteiger partial charge in [-0.1, -0.05) is 31.4 Å². The van der Waals surface area contributed by atoms with E-state index in [1.54, 1.807) is 7.11 Å². The molecule has 1 aromatic carbocycles. The summed E-state index contributed by atoms with van der Waals surface area (Å²) in [6, 6.07) is 7.98. The zero-order valence-corrected chi connectivity index (χ0v) is 16.4. The number of nitrogens with one attached hydrogen (secondary N) is 1. The van der Waals surface area contributed by atoms with E-state index in [2.05, 4.69) is 5.32 Å². The van der Waals surface area contributed by atoms with Gasteiger partial charge in [-0.15, -0.1) is 0 Å². The van der Waals surface area contributed by atoms with Crippen molar-refractivity contribution in [3.05, 3.63) is 29.8 Å². The van der Waals surface area contributed by atoms with E-state index in [0.29, 0.717) is 6.42 Å². The van der Waals surface area contributed by atoms with Crippen molar-refractivity contribution in [2.24, 2.45) is 5.92 Å². The molecule has 0 radical (unpaired) electrons. The van der Waals surface area contributed by atoms with Crippen LogP contribution in [0.4, 0.5) is 0 Å². The Bertz CT molecular complexity index is 629. The monoisotopic (exact) mass is 372 g/mol. The minimum absolute atomic E-state index is 0.0342. The number of methoxy groups -OCH3 is 1. The number of carbonyl (C=O) groups is 2. The predicted molar refractivity (Wildman–Crippen MR) is 106 cm³/mol. The van der Waals surface area contributed by atoms with Crippen LogP contribution in [0.1, 0.15) is 56.9 Å². The van der Waals surface area contributed by atoms with E-state index < -0.39 is 0 Å². The van der Waals surface area contributed by atoms with Crippen LogP contribution in [-0.4, -0.2) is 43.0 Å². The van der Waals surface area contributed by atoms with Gasteiger partial charge in [0, 0.05) is 25.6 Å². The van der Waals surface area contributed by atoms with Gasteiger partial charge in [0.25, 0.3) is 0 Å². The van der Waals surface area contributed by atoms with Crippen LogP contribution in [0.25, 0.3) is 0 Å². The van der Waals surface area contributed by atoms with Crippen LogP contribution in [0.2, 0.25) is 0 Å². The number of ether oxygens (including phenoxy) is 1. The number of amides is 2. The van der Waals surface area contributed by atoms with Crippen LogP contribution in [0.3, 0.4) is 0 Å². The lowest BCUT2D eigenvalue weighted by Crippen LogP contribution is -2.47. The molecule has 3 rings (SSSR count). The second-order valence-electron chi connectivity index (χ2n) is 7.75. The van der Waals surface area contributed by atoms with Gasteiger partial charge in [-0.25, -0.2) is 0 Å². The molecule has 0 spiro atoms. The van der Waals surface area contributed by atoms with E-state index in [1.165, 1.54) is 0 Å². The van der Waals surface area contributed by atoms with Gasteiger partial charge < -0.3 is 15.0 Å². The van der Waals surface area contributed by atoms with E-state index in [0.717, 1.165) is 75.8 Å². The highest BCUT2D eigenvalue weighted by Gasteiger charge is 2.38. The first kappa shape index (κ1) is 19.7. The topological polar surface area (TPSA) is 58.6 Å². The Morgan fingerprint density at radius 3 is 2.67 bits per heavy atom. The number of fused-ring (bicyclic) bond motifs is 1. The molecule has 2 amide bonds. The number of aryl methyl sites for hydroxylation is 1. The average Bonchev–Trinajstić information content (AvgIpc) is 3.16. The number of rotatable bonds is 4. The summed E-state index contributed by atoms with van der Waals surface area (Å²) in [4.78, 5) is 27.7. The quantitative estimate of drug-likeness (QED) is 0.882. The molecule has 1 aliphatic heterocycles. The van der Waals surface area contributed by atoms with Crippen molar-refractivity contribution in [1.29, 1.82) is 0 Å². The molecule has 1 N–H and O–H groups in total. The molecule has 2 unspecified atom stereocenters. The highest BCUT2D eigenvalue weighted by Crippen LogP contribution is 2.31. The van der Waals surface area contributed by atoms with Crippen molar-refractivity contribution in [3.8, 4) is 5.75 Å². The van der Waals surface area contributed by atoms with Crippen LogP contribution in [0.5, 0.6) is 5.75 Å². The number of hydrogen-bond acceptors (Lipinski definition) is 3. The van der Waals surface area contributed by atoms with Crippen molar-refractivity contribution in [3.63, 3.8) is 0 Å². The van der Waals surface area contributed by atoms with Crippen molar-refractivity contribution < 1.29 is 14.3 Å². The highest BCUT2D eigenvalue weighted by molar-refractivity contribution is 5.82. The first-order valence-corrected chi connectivity index (χ1v) is 10.4. The second-order valence-corrected chi connectivity index (χ2v) is 7.75. The fourth-order valence-corrected chi connectivity index (χ4v) is 4.39. The van der Waals surface area contributed by atoms with Gasteiger partial charge in [0.15, 0.2) is 0 Å². The summed E-state index contributed by atoms with van der Waals surface area (Å²) in [5, 5.41) is 3.09. The third kappa shape index (κ3) is 5.24. The Kier molecular flexibility index (Phi) is 7.13. The summed E-state index contributed by atoms with van der Waals surface area (Å²) in [7, 11) is 1.65. The largest absolute Gasteiger partial charge is 0.497 e. The summed E-state index contributed by atoms with van der Waals surface area (Å²) in [5.74, 6) is 1.13.